The molecule has 0 bridgehead atoms. The summed E-state index contributed by atoms with van der Waals surface area (Å²) in [6.45, 7) is 3.85. The van der Waals surface area contributed by atoms with Gasteiger partial charge in [-0.2, -0.15) is 0 Å². The van der Waals surface area contributed by atoms with Crippen LogP contribution in [-0.2, 0) is 0 Å². The van der Waals surface area contributed by atoms with Crippen molar-refractivity contribution in [3.63, 3.8) is 0 Å². The van der Waals surface area contributed by atoms with Crippen molar-refractivity contribution in [2.75, 3.05) is 0 Å². The molecule has 1 atom stereocenters. The molecule has 0 aliphatic heterocycles. The first-order chi connectivity index (χ1) is 6.65. The molecule has 1 rings (SSSR count). The molecular formula is C11H14FNO. The van der Waals surface area contributed by atoms with Gasteiger partial charge in [-0.05, 0) is 25.5 Å². The zero-order valence-electron chi connectivity index (χ0n) is 8.38. The third kappa shape index (κ3) is 2.55. The first kappa shape index (κ1) is 10.7. The van der Waals surface area contributed by atoms with Gasteiger partial charge in [-0.15, -0.1) is 0 Å². The lowest BCUT2D eigenvalue weighted by Crippen LogP contribution is -2.32. The molecule has 0 aliphatic carbocycles. The van der Waals surface area contributed by atoms with Gasteiger partial charge in [0.25, 0.3) is 5.91 Å². The molecule has 1 aromatic rings. The van der Waals surface area contributed by atoms with Gasteiger partial charge in [0, 0.05) is 6.04 Å². The van der Waals surface area contributed by atoms with Crippen LogP contribution in [0.5, 0.6) is 0 Å². The average Bonchev–Trinajstić information content (AvgIpc) is 2.18. The summed E-state index contributed by atoms with van der Waals surface area (Å²) in [5, 5.41) is 2.71. The first-order valence-corrected chi connectivity index (χ1v) is 4.70. The van der Waals surface area contributed by atoms with Crippen LogP contribution in [0.1, 0.15) is 30.6 Å². The molecule has 0 aromatic heterocycles. The average molecular weight is 195 g/mol. The van der Waals surface area contributed by atoms with Crippen LogP contribution in [0.15, 0.2) is 24.3 Å². The smallest absolute Gasteiger partial charge is 0.254 e. The van der Waals surface area contributed by atoms with Crippen molar-refractivity contribution in [2.24, 2.45) is 0 Å². The zero-order valence-corrected chi connectivity index (χ0v) is 8.38. The van der Waals surface area contributed by atoms with Crippen LogP contribution in [0.4, 0.5) is 4.39 Å². The monoisotopic (exact) mass is 195 g/mol. The van der Waals surface area contributed by atoms with Crippen molar-refractivity contribution >= 4 is 5.91 Å². The van der Waals surface area contributed by atoms with E-state index in [9.17, 15) is 9.18 Å². The van der Waals surface area contributed by atoms with Crippen molar-refractivity contribution in [1.29, 1.82) is 0 Å². The van der Waals surface area contributed by atoms with E-state index >= 15 is 0 Å². The van der Waals surface area contributed by atoms with Crippen LogP contribution >= 0.6 is 0 Å². The van der Waals surface area contributed by atoms with Gasteiger partial charge < -0.3 is 5.32 Å². The van der Waals surface area contributed by atoms with Crippen molar-refractivity contribution in [1.82, 2.24) is 5.32 Å². The Kier molecular flexibility index (Phi) is 3.63. The summed E-state index contributed by atoms with van der Waals surface area (Å²) >= 11 is 0. The van der Waals surface area contributed by atoms with Crippen molar-refractivity contribution in [3.8, 4) is 0 Å². The van der Waals surface area contributed by atoms with E-state index in [1.54, 1.807) is 12.1 Å². The van der Waals surface area contributed by atoms with Gasteiger partial charge in [-0.3, -0.25) is 4.79 Å². The third-order valence-corrected chi connectivity index (χ3v) is 2.11. The van der Waals surface area contributed by atoms with E-state index in [4.69, 9.17) is 0 Å². The fourth-order valence-electron chi connectivity index (χ4n) is 1.05. The van der Waals surface area contributed by atoms with Gasteiger partial charge in [0.15, 0.2) is 0 Å². The number of benzene rings is 1. The van der Waals surface area contributed by atoms with E-state index in [2.05, 4.69) is 5.32 Å². The van der Waals surface area contributed by atoms with Crippen LogP contribution in [0.2, 0.25) is 0 Å². The predicted octanol–water partition coefficient (Wildman–Crippen LogP) is 2.35. The Labute approximate surface area is 83.1 Å². The van der Waals surface area contributed by atoms with Crippen molar-refractivity contribution < 1.29 is 9.18 Å². The Bertz CT molecular complexity index is 325. The van der Waals surface area contributed by atoms with Crippen molar-refractivity contribution in [3.05, 3.63) is 35.6 Å². The highest BCUT2D eigenvalue weighted by Gasteiger charge is 2.11. The van der Waals surface area contributed by atoms with Gasteiger partial charge >= 0.3 is 0 Å². The molecule has 3 heteroatoms. The molecule has 0 unspecified atom stereocenters. The highest BCUT2D eigenvalue weighted by Crippen LogP contribution is 2.06. The van der Waals surface area contributed by atoms with Crippen LogP contribution in [0, 0.1) is 5.82 Å². The van der Waals surface area contributed by atoms with Gasteiger partial charge in [0.2, 0.25) is 0 Å². The number of rotatable bonds is 3. The Morgan fingerprint density at radius 3 is 2.71 bits per heavy atom. The van der Waals surface area contributed by atoms with Gasteiger partial charge in [0.05, 0.1) is 5.56 Å². The molecule has 0 spiro atoms. The van der Waals surface area contributed by atoms with Crippen LogP contribution in [0.3, 0.4) is 0 Å². The summed E-state index contributed by atoms with van der Waals surface area (Å²) in [5.74, 6) is -0.828. The standard InChI is InChI=1S/C11H14FNO/c1-3-8(2)13-11(14)9-6-4-5-7-10(9)12/h4-8H,3H2,1-2H3,(H,13,14)/t8-/m0/s1. The Hall–Kier alpha value is -1.38. The first-order valence-electron chi connectivity index (χ1n) is 4.70. The number of halogens is 1. The molecule has 2 nitrogen and oxygen atoms in total. The normalized spacial score (nSPS) is 12.2. The second-order valence-corrected chi connectivity index (χ2v) is 3.26. The molecule has 0 saturated heterocycles. The molecule has 0 heterocycles. The van der Waals surface area contributed by atoms with E-state index in [0.717, 1.165) is 6.42 Å². The summed E-state index contributed by atoms with van der Waals surface area (Å²) in [5.41, 5.74) is 0.104. The maximum absolute atomic E-state index is 13.1. The maximum atomic E-state index is 13.1. The quantitative estimate of drug-likeness (QED) is 0.788. The molecule has 1 amide bonds. The summed E-state index contributed by atoms with van der Waals surface area (Å²) in [6, 6.07) is 6.05. The highest BCUT2D eigenvalue weighted by molar-refractivity contribution is 5.94. The Balaban J connectivity index is 2.75. The van der Waals surface area contributed by atoms with Crippen LogP contribution in [0.25, 0.3) is 0 Å². The number of carbonyl (C=O) groups is 1. The summed E-state index contributed by atoms with van der Waals surface area (Å²) in [4.78, 5) is 11.5. The van der Waals surface area contributed by atoms with Gasteiger partial charge in [-0.25, -0.2) is 4.39 Å². The lowest BCUT2D eigenvalue weighted by molar-refractivity contribution is 0.0935. The summed E-state index contributed by atoms with van der Waals surface area (Å²) in [7, 11) is 0. The van der Waals surface area contributed by atoms with Gasteiger partial charge in [0.1, 0.15) is 5.82 Å². The number of carbonyl (C=O) groups excluding carboxylic acids is 1. The minimum atomic E-state index is -0.478. The molecule has 0 fully saturated rings. The molecule has 0 aliphatic rings. The Morgan fingerprint density at radius 2 is 2.14 bits per heavy atom. The molecule has 1 N–H and O–H groups in total. The fourth-order valence-corrected chi connectivity index (χ4v) is 1.05. The Morgan fingerprint density at radius 1 is 1.50 bits per heavy atom. The maximum Gasteiger partial charge on any atom is 0.254 e. The minimum Gasteiger partial charge on any atom is -0.350 e. The van der Waals surface area contributed by atoms with Gasteiger partial charge in [-0.1, -0.05) is 19.1 Å². The van der Waals surface area contributed by atoms with E-state index in [-0.39, 0.29) is 17.5 Å². The molecular weight excluding hydrogens is 181 g/mol. The lowest BCUT2D eigenvalue weighted by Gasteiger charge is -2.11. The molecule has 76 valence electrons. The van der Waals surface area contributed by atoms with E-state index in [1.807, 2.05) is 13.8 Å². The number of hydrogen-bond acceptors (Lipinski definition) is 1. The zero-order chi connectivity index (χ0) is 10.6. The second-order valence-electron chi connectivity index (χ2n) is 3.26. The number of hydrogen-bond donors (Lipinski definition) is 1. The van der Waals surface area contributed by atoms with Crippen molar-refractivity contribution in [2.45, 2.75) is 26.3 Å². The summed E-state index contributed by atoms with van der Waals surface area (Å²) < 4.78 is 13.1. The number of nitrogens with one attached hydrogen (secondary N) is 1. The van der Waals surface area contributed by atoms with E-state index in [0.29, 0.717) is 0 Å². The molecule has 14 heavy (non-hydrogen) atoms. The van der Waals surface area contributed by atoms with E-state index < -0.39 is 5.82 Å². The fraction of sp³-hybridized carbons (Fsp3) is 0.364. The highest BCUT2D eigenvalue weighted by atomic mass is 19.1. The summed E-state index contributed by atoms with van der Waals surface area (Å²) in [6.07, 6.45) is 0.834. The number of amides is 1. The third-order valence-electron chi connectivity index (χ3n) is 2.11. The second kappa shape index (κ2) is 4.74. The molecule has 0 saturated carbocycles. The van der Waals surface area contributed by atoms with Crippen LogP contribution in [-0.4, -0.2) is 11.9 Å². The minimum absolute atomic E-state index is 0.0714. The molecule has 1 aromatic carbocycles. The predicted molar refractivity (Wildman–Crippen MR) is 53.6 cm³/mol. The topological polar surface area (TPSA) is 29.1 Å². The molecule has 0 radical (unpaired) electrons. The lowest BCUT2D eigenvalue weighted by atomic mass is 10.2. The van der Waals surface area contributed by atoms with Crippen LogP contribution < -0.4 is 5.32 Å². The van der Waals surface area contributed by atoms with E-state index in [1.165, 1.54) is 12.1 Å². The largest absolute Gasteiger partial charge is 0.350 e. The SMILES string of the molecule is CC[C@H](C)NC(=O)c1ccccc1F.